The highest BCUT2D eigenvalue weighted by Crippen LogP contribution is 2.44. The zero-order valence-corrected chi connectivity index (χ0v) is 25.7. The van der Waals surface area contributed by atoms with Gasteiger partial charge in [0.1, 0.15) is 31.2 Å². The monoisotopic (exact) mass is 598 g/mol. The molecule has 2 saturated heterocycles. The summed E-state index contributed by atoms with van der Waals surface area (Å²) >= 11 is 0. The van der Waals surface area contributed by atoms with Gasteiger partial charge in [-0.1, -0.05) is 127 Å². The Hall–Kier alpha value is -2.82. The number of rotatable bonds is 21. The second-order valence-electron chi connectivity index (χ2n) is 11.8. The maximum atomic E-state index is 12.5. The van der Waals surface area contributed by atoms with E-state index in [0.717, 1.165) is 24.8 Å². The summed E-state index contributed by atoms with van der Waals surface area (Å²) in [6.45, 7) is 2.30. The number of carbonyl (C=O) groups excluding carboxylic acids is 2. The third-order valence-electron chi connectivity index (χ3n) is 8.30. The van der Waals surface area contributed by atoms with Gasteiger partial charge in [0.2, 0.25) is 5.82 Å². The SMILES string of the molecule is CCCCCCCCCCCCCCCCCC(=O)OC[C@H]1O[C@@H](n2cnc(C(N)=O)n2)C2OC(c3ccccc3)OC21. The van der Waals surface area contributed by atoms with E-state index >= 15 is 0 Å². The number of hydrogen-bond acceptors (Lipinski definition) is 8. The molecule has 0 aliphatic carbocycles. The maximum absolute atomic E-state index is 12.5. The van der Waals surface area contributed by atoms with Gasteiger partial charge in [-0.25, -0.2) is 9.67 Å². The molecular formula is C33H50N4O6. The molecule has 2 aliphatic heterocycles. The van der Waals surface area contributed by atoms with Crippen LogP contribution in [-0.4, -0.2) is 51.6 Å². The molecule has 3 unspecified atom stereocenters. The number of aromatic nitrogens is 3. The van der Waals surface area contributed by atoms with Crippen molar-refractivity contribution in [3.05, 3.63) is 48.0 Å². The fourth-order valence-corrected chi connectivity index (χ4v) is 5.85. The van der Waals surface area contributed by atoms with Crippen molar-refractivity contribution in [2.45, 2.75) is 140 Å². The molecule has 4 rings (SSSR count). The Labute approximate surface area is 256 Å². The van der Waals surface area contributed by atoms with Crippen LogP contribution in [-0.2, 0) is 23.7 Å². The highest BCUT2D eigenvalue weighted by atomic mass is 16.8. The molecule has 0 radical (unpaired) electrons. The first-order valence-corrected chi connectivity index (χ1v) is 16.4. The molecule has 2 aliphatic rings. The molecule has 1 amide bonds. The minimum absolute atomic E-state index is 0.0392. The predicted octanol–water partition coefficient (Wildman–Crippen LogP) is 6.56. The molecule has 2 aromatic rings. The third-order valence-corrected chi connectivity index (χ3v) is 8.30. The fourth-order valence-electron chi connectivity index (χ4n) is 5.85. The van der Waals surface area contributed by atoms with Gasteiger partial charge in [0.25, 0.3) is 5.91 Å². The molecule has 1 aromatic heterocycles. The van der Waals surface area contributed by atoms with Crippen molar-refractivity contribution in [1.29, 1.82) is 0 Å². The van der Waals surface area contributed by atoms with E-state index in [1.54, 1.807) is 0 Å². The average molecular weight is 599 g/mol. The van der Waals surface area contributed by atoms with E-state index in [0.29, 0.717) is 6.42 Å². The van der Waals surface area contributed by atoms with E-state index in [-0.39, 0.29) is 18.4 Å². The van der Waals surface area contributed by atoms with Crippen LogP contribution in [0.5, 0.6) is 0 Å². The highest BCUT2D eigenvalue weighted by Gasteiger charge is 2.54. The van der Waals surface area contributed by atoms with Crippen LogP contribution in [0.25, 0.3) is 0 Å². The van der Waals surface area contributed by atoms with Crippen LogP contribution in [0.15, 0.2) is 36.7 Å². The van der Waals surface area contributed by atoms with Crippen molar-refractivity contribution in [2.75, 3.05) is 6.61 Å². The molecule has 2 N–H and O–H groups in total. The molecule has 5 atom stereocenters. The van der Waals surface area contributed by atoms with Gasteiger partial charge in [-0.05, 0) is 6.42 Å². The summed E-state index contributed by atoms with van der Waals surface area (Å²) in [5.74, 6) is -1.09. The van der Waals surface area contributed by atoms with Crippen LogP contribution in [0.4, 0.5) is 0 Å². The molecule has 0 spiro atoms. The van der Waals surface area contributed by atoms with Gasteiger partial charge in [-0.2, -0.15) is 0 Å². The van der Waals surface area contributed by atoms with Crippen LogP contribution >= 0.6 is 0 Å². The summed E-state index contributed by atoms with van der Waals surface area (Å²) in [4.78, 5) is 28.0. The highest BCUT2D eigenvalue weighted by molar-refractivity contribution is 5.88. The summed E-state index contributed by atoms with van der Waals surface area (Å²) in [6, 6.07) is 9.60. The van der Waals surface area contributed by atoms with Crippen LogP contribution in [0.3, 0.4) is 0 Å². The van der Waals surface area contributed by atoms with Gasteiger partial charge in [0, 0.05) is 12.0 Å². The zero-order chi connectivity index (χ0) is 30.3. The normalized spacial score (nSPS) is 23.0. The molecule has 0 saturated carbocycles. The Morgan fingerprint density at radius 3 is 1.98 bits per heavy atom. The van der Waals surface area contributed by atoms with E-state index < -0.39 is 36.7 Å². The fraction of sp³-hybridized carbons (Fsp3) is 0.697. The summed E-state index contributed by atoms with van der Waals surface area (Å²) in [5, 5.41) is 4.15. The molecular weight excluding hydrogens is 548 g/mol. The number of nitrogens with zero attached hydrogens (tertiary/aromatic N) is 3. The van der Waals surface area contributed by atoms with Crippen molar-refractivity contribution in [3.63, 3.8) is 0 Å². The van der Waals surface area contributed by atoms with E-state index in [4.69, 9.17) is 24.7 Å². The Balaban J connectivity index is 1.11. The smallest absolute Gasteiger partial charge is 0.305 e. The number of carbonyl (C=O) groups is 2. The first kappa shape index (κ1) is 33.1. The molecule has 238 valence electrons. The maximum Gasteiger partial charge on any atom is 0.305 e. The number of esters is 1. The summed E-state index contributed by atoms with van der Waals surface area (Å²) in [6.07, 6.45) is 18.1. The number of unbranched alkanes of at least 4 members (excludes halogenated alkanes) is 14. The van der Waals surface area contributed by atoms with Gasteiger partial charge in [0.05, 0.1) is 0 Å². The summed E-state index contributed by atoms with van der Waals surface area (Å²) in [5.41, 5.74) is 6.19. The van der Waals surface area contributed by atoms with Crippen LogP contribution < -0.4 is 5.73 Å². The average Bonchev–Trinajstić information content (AvgIpc) is 3.75. The summed E-state index contributed by atoms with van der Waals surface area (Å²) in [7, 11) is 0. The van der Waals surface area contributed by atoms with Crippen LogP contribution in [0.1, 0.15) is 138 Å². The Morgan fingerprint density at radius 2 is 1.40 bits per heavy atom. The predicted molar refractivity (Wildman–Crippen MR) is 162 cm³/mol. The third kappa shape index (κ3) is 10.4. The molecule has 1 aromatic carbocycles. The quantitative estimate of drug-likeness (QED) is 0.126. The van der Waals surface area contributed by atoms with Crippen molar-refractivity contribution in [3.8, 4) is 0 Å². The number of ether oxygens (including phenoxy) is 4. The Morgan fingerprint density at radius 1 is 0.814 bits per heavy atom. The van der Waals surface area contributed by atoms with Gasteiger partial charge in [0.15, 0.2) is 12.5 Å². The molecule has 0 bridgehead atoms. The first-order chi connectivity index (χ1) is 21.1. The van der Waals surface area contributed by atoms with Gasteiger partial charge >= 0.3 is 5.97 Å². The lowest BCUT2D eigenvalue weighted by Gasteiger charge is -2.20. The van der Waals surface area contributed by atoms with E-state index in [9.17, 15) is 9.59 Å². The van der Waals surface area contributed by atoms with Crippen molar-refractivity contribution < 1.29 is 28.5 Å². The molecule has 43 heavy (non-hydrogen) atoms. The Bertz CT molecular complexity index is 1100. The van der Waals surface area contributed by atoms with Crippen LogP contribution in [0, 0.1) is 0 Å². The number of fused-ring (bicyclic) bond motifs is 1. The number of hydrogen-bond donors (Lipinski definition) is 1. The number of primary amides is 1. The van der Waals surface area contributed by atoms with E-state index in [1.165, 1.54) is 88.1 Å². The molecule has 10 nitrogen and oxygen atoms in total. The van der Waals surface area contributed by atoms with Crippen molar-refractivity contribution in [1.82, 2.24) is 14.8 Å². The van der Waals surface area contributed by atoms with Crippen LogP contribution in [0.2, 0.25) is 0 Å². The zero-order valence-electron chi connectivity index (χ0n) is 25.7. The minimum Gasteiger partial charge on any atom is -0.463 e. The largest absolute Gasteiger partial charge is 0.463 e. The Kier molecular flexibility index (Phi) is 13.9. The van der Waals surface area contributed by atoms with Gasteiger partial charge < -0.3 is 24.7 Å². The molecule has 10 heteroatoms. The number of nitrogens with two attached hydrogens (primary N) is 1. The standard InChI is InChI=1S/C33H50N4O6/c1-2-3-4-5-6-7-8-9-10-11-12-13-14-15-19-22-27(38)40-23-26-28-29(43-33(42-28)25-20-17-16-18-21-25)32(41-26)37-24-35-31(36-37)30(34)39/h16-18,20-21,24,26,28-29,32-33H,2-15,19,22-23H2,1H3,(H2,34,39)/t26-,28?,29?,32-,33?/m1/s1. The number of amides is 1. The van der Waals surface area contributed by atoms with Gasteiger partial charge in [-0.3, -0.25) is 9.59 Å². The van der Waals surface area contributed by atoms with E-state index in [2.05, 4.69) is 17.0 Å². The summed E-state index contributed by atoms with van der Waals surface area (Å²) < 4.78 is 25.6. The lowest BCUT2D eigenvalue weighted by Crippen LogP contribution is -2.32. The second-order valence-corrected chi connectivity index (χ2v) is 11.8. The van der Waals surface area contributed by atoms with Crippen molar-refractivity contribution in [2.24, 2.45) is 5.73 Å². The van der Waals surface area contributed by atoms with E-state index in [1.807, 2.05) is 30.3 Å². The second kappa shape index (κ2) is 18.1. The molecule has 2 fully saturated rings. The molecule has 3 heterocycles. The lowest BCUT2D eigenvalue weighted by atomic mass is 10.0. The lowest BCUT2D eigenvalue weighted by molar-refractivity contribution is -0.168. The van der Waals surface area contributed by atoms with Crippen molar-refractivity contribution >= 4 is 11.9 Å². The topological polar surface area (TPSA) is 128 Å². The number of benzene rings is 1. The van der Waals surface area contributed by atoms with Gasteiger partial charge in [-0.15, -0.1) is 5.10 Å². The minimum atomic E-state index is -0.733. The first-order valence-electron chi connectivity index (χ1n) is 16.4.